The summed E-state index contributed by atoms with van der Waals surface area (Å²) in [7, 11) is 0. The third-order valence-corrected chi connectivity index (χ3v) is 5.85. The van der Waals surface area contributed by atoms with Gasteiger partial charge in [0.2, 0.25) is 0 Å². The normalized spacial score (nSPS) is 13.2. The average molecular weight is 441 g/mol. The van der Waals surface area contributed by atoms with Gasteiger partial charge >= 0.3 is 0 Å². The molecule has 0 radical (unpaired) electrons. The van der Waals surface area contributed by atoms with Crippen molar-refractivity contribution in [2.24, 2.45) is 11.8 Å². The van der Waals surface area contributed by atoms with Crippen LogP contribution in [0.4, 0.5) is 0 Å². The Kier molecular flexibility index (Phi) is 12.5. The summed E-state index contributed by atoms with van der Waals surface area (Å²) in [6.07, 6.45) is 10.3. The summed E-state index contributed by atoms with van der Waals surface area (Å²) < 4.78 is 12.9. The minimum absolute atomic E-state index is 0.531. The summed E-state index contributed by atoms with van der Waals surface area (Å²) in [5.74, 6) is 2.44. The summed E-state index contributed by atoms with van der Waals surface area (Å²) in [4.78, 5) is 11.6. The van der Waals surface area contributed by atoms with Gasteiger partial charge in [0.15, 0.2) is 6.29 Å². The molecule has 0 N–H and O–H groups in total. The summed E-state index contributed by atoms with van der Waals surface area (Å²) in [6.45, 7) is 10.2. The molecule has 2 atom stereocenters. The maximum Gasteiger partial charge on any atom is 0.153 e. The maximum absolute atomic E-state index is 11.6. The summed E-state index contributed by atoms with van der Waals surface area (Å²) in [5.41, 5.74) is 0.556. The van der Waals surface area contributed by atoms with E-state index in [2.05, 4.69) is 43.6 Å². The Morgan fingerprint density at radius 3 is 1.85 bits per heavy atom. The van der Waals surface area contributed by atoms with Crippen molar-refractivity contribution in [1.82, 2.24) is 0 Å². The summed E-state index contributed by atoms with van der Waals surface area (Å²) >= 11 is 3.58. The van der Waals surface area contributed by atoms with E-state index in [9.17, 15) is 4.79 Å². The first-order valence-corrected chi connectivity index (χ1v) is 11.4. The Balaban J connectivity index is 2.75. The largest absolute Gasteiger partial charge is 0.493 e. The molecule has 0 fully saturated rings. The molecule has 0 aliphatic heterocycles. The molecule has 4 heteroatoms. The quantitative estimate of drug-likeness (QED) is 0.265. The third-order valence-electron chi connectivity index (χ3n) is 5.23. The van der Waals surface area contributed by atoms with E-state index in [1.165, 1.54) is 38.5 Å². The Hall–Kier alpha value is -1.03. The molecule has 0 bridgehead atoms. The molecular formula is C23H37BrO3. The zero-order chi connectivity index (χ0) is 20.1. The SMILES string of the molecule is CCCCC(CC)COc1cc(C=O)c(OCC(CC)CCCC)cc1Br. The van der Waals surface area contributed by atoms with E-state index in [1.807, 2.05) is 6.07 Å². The molecular weight excluding hydrogens is 404 g/mol. The molecule has 0 amide bonds. The summed E-state index contributed by atoms with van der Waals surface area (Å²) in [5, 5.41) is 0. The summed E-state index contributed by atoms with van der Waals surface area (Å²) in [6, 6.07) is 3.67. The average Bonchev–Trinajstić information content (AvgIpc) is 2.69. The number of hydrogen-bond acceptors (Lipinski definition) is 3. The molecule has 1 aromatic rings. The van der Waals surface area contributed by atoms with Crippen molar-refractivity contribution in [2.45, 2.75) is 79.1 Å². The molecule has 0 spiro atoms. The number of hydrogen-bond donors (Lipinski definition) is 0. The van der Waals surface area contributed by atoms with Crippen LogP contribution >= 0.6 is 15.9 Å². The highest BCUT2D eigenvalue weighted by molar-refractivity contribution is 9.10. The van der Waals surface area contributed by atoms with Crippen LogP contribution in [0.2, 0.25) is 0 Å². The first-order chi connectivity index (χ1) is 13.1. The second-order valence-corrected chi connectivity index (χ2v) is 8.25. The van der Waals surface area contributed by atoms with E-state index >= 15 is 0 Å². The predicted molar refractivity (Wildman–Crippen MR) is 117 cm³/mol. The Morgan fingerprint density at radius 2 is 1.41 bits per heavy atom. The van der Waals surface area contributed by atoms with Gasteiger partial charge in [0.05, 0.1) is 23.2 Å². The van der Waals surface area contributed by atoms with Crippen LogP contribution in [0, 0.1) is 11.8 Å². The molecule has 0 heterocycles. The van der Waals surface area contributed by atoms with Gasteiger partial charge in [0.1, 0.15) is 11.5 Å². The number of benzene rings is 1. The van der Waals surface area contributed by atoms with Crippen molar-refractivity contribution in [3.05, 3.63) is 22.2 Å². The van der Waals surface area contributed by atoms with Crippen LogP contribution in [0.3, 0.4) is 0 Å². The fourth-order valence-corrected chi connectivity index (χ4v) is 3.53. The number of aldehydes is 1. The highest BCUT2D eigenvalue weighted by Gasteiger charge is 2.14. The van der Waals surface area contributed by atoms with E-state index in [1.54, 1.807) is 6.07 Å². The lowest BCUT2D eigenvalue weighted by molar-refractivity contribution is 0.111. The highest BCUT2D eigenvalue weighted by Crippen LogP contribution is 2.33. The molecule has 154 valence electrons. The predicted octanol–water partition coefficient (Wildman–Crippen LogP) is 7.45. The van der Waals surface area contributed by atoms with Crippen LogP contribution in [-0.4, -0.2) is 19.5 Å². The van der Waals surface area contributed by atoms with Gasteiger partial charge < -0.3 is 9.47 Å². The fourth-order valence-electron chi connectivity index (χ4n) is 3.09. The molecule has 2 unspecified atom stereocenters. The van der Waals surface area contributed by atoms with E-state index in [0.29, 0.717) is 36.4 Å². The Bertz CT molecular complexity index is 545. The molecule has 0 saturated heterocycles. The zero-order valence-corrected chi connectivity index (χ0v) is 19.1. The molecule has 0 aromatic heterocycles. The first kappa shape index (κ1) is 24.0. The van der Waals surface area contributed by atoms with E-state index in [4.69, 9.17) is 9.47 Å². The monoisotopic (exact) mass is 440 g/mol. The number of ether oxygens (including phenoxy) is 2. The van der Waals surface area contributed by atoms with E-state index in [-0.39, 0.29) is 0 Å². The van der Waals surface area contributed by atoms with Crippen LogP contribution in [0.25, 0.3) is 0 Å². The third kappa shape index (κ3) is 8.68. The van der Waals surface area contributed by atoms with Gasteiger partial charge in [-0.05, 0) is 52.7 Å². The van der Waals surface area contributed by atoms with Crippen molar-refractivity contribution >= 4 is 22.2 Å². The minimum atomic E-state index is 0.531. The van der Waals surface area contributed by atoms with Crippen molar-refractivity contribution in [3.8, 4) is 11.5 Å². The second kappa shape index (κ2) is 14.0. The molecule has 0 aliphatic carbocycles. The molecule has 1 aromatic carbocycles. The van der Waals surface area contributed by atoms with Gasteiger partial charge in [-0.15, -0.1) is 0 Å². The lowest BCUT2D eigenvalue weighted by atomic mass is 10.0. The van der Waals surface area contributed by atoms with Crippen LogP contribution in [0.15, 0.2) is 16.6 Å². The van der Waals surface area contributed by atoms with Crippen LogP contribution in [-0.2, 0) is 0 Å². The lowest BCUT2D eigenvalue weighted by Gasteiger charge is -2.19. The van der Waals surface area contributed by atoms with Gasteiger partial charge in [-0.25, -0.2) is 0 Å². The molecule has 0 saturated carbocycles. The van der Waals surface area contributed by atoms with E-state index in [0.717, 1.165) is 29.4 Å². The van der Waals surface area contributed by atoms with Crippen molar-refractivity contribution in [3.63, 3.8) is 0 Å². The number of halogens is 1. The lowest BCUT2D eigenvalue weighted by Crippen LogP contribution is -2.13. The van der Waals surface area contributed by atoms with Gasteiger partial charge in [-0.3, -0.25) is 4.79 Å². The standard InChI is InChI=1S/C23H37BrO3/c1-5-9-11-18(7-3)16-26-22-14-21(24)23(13-20(22)15-25)27-17-19(8-4)12-10-6-2/h13-15,18-19H,5-12,16-17H2,1-4H3. The van der Waals surface area contributed by atoms with Gasteiger partial charge in [0.25, 0.3) is 0 Å². The topological polar surface area (TPSA) is 35.5 Å². The zero-order valence-electron chi connectivity index (χ0n) is 17.6. The Labute approximate surface area is 174 Å². The highest BCUT2D eigenvalue weighted by atomic mass is 79.9. The maximum atomic E-state index is 11.6. The number of carbonyl (C=O) groups excluding carboxylic acids is 1. The minimum Gasteiger partial charge on any atom is -0.493 e. The Morgan fingerprint density at radius 1 is 0.889 bits per heavy atom. The first-order valence-electron chi connectivity index (χ1n) is 10.6. The van der Waals surface area contributed by atoms with Crippen molar-refractivity contribution in [1.29, 1.82) is 0 Å². The van der Waals surface area contributed by atoms with Crippen LogP contribution < -0.4 is 9.47 Å². The van der Waals surface area contributed by atoms with Gasteiger partial charge in [-0.2, -0.15) is 0 Å². The number of rotatable bonds is 15. The molecule has 1 rings (SSSR count). The smallest absolute Gasteiger partial charge is 0.153 e. The number of carbonyl (C=O) groups is 1. The van der Waals surface area contributed by atoms with Gasteiger partial charge in [-0.1, -0.05) is 66.2 Å². The molecule has 0 aliphatic rings. The van der Waals surface area contributed by atoms with Crippen LogP contribution in [0.1, 0.15) is 89.4 Å². The second-order valence-electron chi connectivity index (χ2n) is 7.39. The molecule has 27 heavy (non-hydrogen) atoms. The van der Waals surface area contributed by atoms with Gasteiger partial charge in [0, 0.05) is 0 Å². The number of unbranched alkanes of at least 4 members (excludes halogenated alkanes) is 2. The fraction of sp³-hybridized carbons (Fsp3) is 0.696. The van der Waals surface area contributed by atoms with Crippen molar-refractivity contribution < 1.29 is 14.3 Å². The van der Waals surface area contributed by atoms with Crippen LogP contribution in [0.5, 0.6) is 11.5 Å². The van der Waals surface area contributed by atoms with E-state index < -0.39 is 0 Å². The van der Waals surface area contributed by atoms with Crippen molar-refractivity contribution in [2.75, 3.05) is 13.2 Å². The molecule has 3 nitrogen and oxygen atoms in total.